The zero-order valence-corrected chi connectivity index (χ0v) is 19.1. The van der Waals surface area contributed by atoms with Crippen molar-refractivity contribution < 1.29 is 4.74 Å². The minimum Gasteiger partial charge on any atom is -0.378 e. The maximum absolute atomic E-state index is 5.97. The molecule has 0 bridgehead atoms. The maximum atomic E-state index is 5.97. The summed E-state index contributed by atoms with van der Waals surface area (Å²) in [5, 5.41) is 0. The van der Waals surface area contributed by atoms with Gasteiger partial charge in [0.2, 0.25) is 0 Å². The van der Waals surface area contributed by atoms with Gasteiger partial charge in [-0.05, 0) is 23.3 Å². The molecule has 1 aliphatic heterocycles. The molecule has 4 aromatic rings. The molecule has 0 saturated carbocycles. The number of fused-ring (bicyclic) bond motifs is 1. The second-order valence-electron chi connectivity index (χ2n) is 8.64. The number of benzene rings is 3. The van der Waals surface area contributed by atoms with Gasteiger partial charge in [0, 0.05) is 39.3 Å². The van der Waals surface area contributed by atoms with Crippen molar-refractivity contribution >= 4 is 11.0 Å². The largest absolute Gasteiger partial charge is 0.378 e. The number of hydrogen-bond donors (Lipinski definition) is 0. The van der Waals surface area contributed by atoms with E-state index < -0.39 is 0 Å². The summed E-state index contributed by atoms with van der Waals surface area (Å²) < 4.78 is 8.14. The molecule has 1 aliphatic rings. The Morgan fingerprint density at radius 2 is 1.30 bits per heavy atom. The minimum atomic E-state index is 0.316. The van der Waals surface area contributed by atoms with Gasteiger partial charge in [-0.2, -0.15) is 0 Å². The van der Waals surface area contributed by atoms with Crippen molar-refractivity contribution in [3.8, 4) is 0 Å². The predicted octanol–water partition coefficient (Wildman–Crippen LogP) is 4.46. The van der Waals surface area contributed by atoms with Crippen LogP contribution < -0.4 is 0 Å². The van der Waals surface area contributed by atoms with E-state index >= 15 is 0 Å². The van der Waals surface area contributed by atoms with Gasteiger partial charge >= 0.3 is 0 Å². The van der Waals surface area contributed by atoms with Crippen molar-refractivity contribution in [3.05, 3.63) is 102 Å². The zero-order valence-electron chi connectivity index (χ0n) is 19.1. The number of para-hydroxylation sites is 2. The van der Waals surface area contributed by atoms with Gasteiger partial charge < -0.3 is 9.30 Å². The van der Waals surface area contributed by atoms with E-state index in [1.165, 1.54) is 16.6 Å². The molecule has 0 radical (unpaired) electrons. The Labute approximate surface area is 196 Å². The molecule has 0 spiro atoms. The first-order valence-electron chi connectivity index (χ1n) is 11.9. The Balaban J connectivity index is 1.09. The van der Waals surface area contributed by atoms with Crippen LogP contribution in [0, 0.1) is 0 Å². The van der Waals surface area contributed by atoms with Crippen LogP contribution in [-0.4, -0.2) is 65.3 Å². The molecule has 1 saturated heterocycles. The highest BCUT2D eigenvalue weighted by Gasteiger charge is 2.26. The summed E-state index contributed by atoms with van der Waals surface area (Å²) in [6, 6.07) is 30.3. The van der Waals surface area contributed by atoms with Crippen LogP contribution in [0.15, 0.2) is 91.3 Å². The maximum Gasteiger partial charge on any atom is 0.0959 e. The zero-order chi connectivity index (χ0) is 22.3. The Hall–Kier alpha value is -2.99. The molecule has 5 heteroatoms. The number of nitrogens with zero attached hydrogens (tertiary/aromatic N) is 4. The van der Waals surface area contributed by atoms with Crippen LogP contribution in [0.1, 0.15) is 17.2 Å². The predicted molar refractivity (Wildman–Crippen MR) is 133 cm³/mol. The topological polar surface area (TPSA) is 33.5 Å². The van der Waals surface area contributed by atoms with E-state index in [0.29, 0.717) is 12.6 Å². The minimum absolute atomic E-state index is 0.316. The molecule has 1 aromatic heterocycles. The highest BCUT2D eigenvalue weighted by molar-refractivity contribution is 5.74. The van der Waals surface area contributed by atoms with Crippen LogP contribution in [0.4, 0.5) is 0 Å². The monoisotopic (exact) mass is 440 g/mol. The van der Waals surface area contributed by atoms with E-state index in [9.17, 15) is 0 Å². The first-order chi connectivity index (χ1) is 16.4. The van der Waals surface area contributed by atoms with E-state index in [2.05, 4.69) is 92.1 Å². The molecule has 0 aliphatic carbocycles. The summed E-state index contributed by atoms with van der Waals surface area (Å²) in [6.45, 7) is 7.59. The SMILES string of the molecule is c1ccc(C(c2ccccc2)N2CCN(CCOCCn3cnc4ccccc43)CC2)cc1. The second-order valence-corrected chi connectivity index (χ2v) is 8.64. The third-order valence-corrected chi connectivity index (χ3v) is 6.56. The lowest BCUT2D eigenvalue weighted by Gasteiger charge is -2.39. The lowest BCUT2D eigenvalue weighted by molar-refractivity contribution is 0.0644. The molecule has 33 heavy (non-hydrogen) atoms. The number of imidazole rings is 1. The van der Waals surface area contributed by atoms with Gasteiger partial charge in [-0.1, -0.05) is 72.8 Å². The van der Waals surface area contributed by atoms with Crippen LogP contribution in [0.5, 0.6) is 0 Å². The average molecular weight is 441 g/mol. The normalized spacial score (nSPS) is 15.4. The number of piperazine rings is 1. The van der Waals surface area contributed by atoms with Crippen molar-refractivity contribution in [2.45, 2.75) is 12.6 Å². The van der Waals surface area contributed by atoms with E-state index in [0.717, 1.165) is 51.4 Å². The Kier molecular flexibility index (Phi) is 7.11. The van der Waals surface area contributed by atoms with Gasteiger partial charge in [-0.15, -0.1) is 0 Å². The number of aromatic nitrogens is 2. The van der Waals surface area contributed by atoms with Gasteiger partial charge in [0.1, 0.15) is 0 Å². The molecule has 2 heterocycles. The third kappa shape index (κ3) is 5.33. The molecule has 0 unspecified atom stereocenters. The molecule has 5 rings (SSSR count). The standard InChI is InChI=1S/C28H32N4O/c1-3-9-24(10-4-1)28(25-11-5-2-6-12-25)31-17-15-30(16-18-31)19-21-33-22-20-32-23-29-26-13-7-8-14-27(26)32/h1-14,23,28H,15-22H2. The molecule has 0 amide bonds. The number of rotatable bonds is 9. The summed E-state index contributed by atoms with van der Waals surface area (Å²) in [5.74, 6) is 0. The quantitative estimate of drug-likeness (QED) is 0.360. The van der Waals surface area contributed by atoms with Gasteiger partial charge in [-0.25, -0.2) is 4.98 Å². The van der Waals surface area contributed by atoms with E-state index in [4.69, 9.17) is 4.74 Å². The fourth-order valence-electron chi connectivity index (χ4n) is 4.78. The first-order valence-corrected chi connectivity index (χ1v) is 11.9. The smallest absolute Gasteiger partial charge is 0.0959 e. The summed E-state index contributed by atoms with van der Waals surface area (Å²) in [5.41, 5.74) is 4.95. The Morgan fingerprint density at radius 3 is 2.00 bits per heavy atom. The number of hydrogen-bond acceptors (Lipinski definition) is 4. The molecule has 5 nitrogen and oxygen atoms in total. The van der Waals surface area contributed by atoms with E-state index in [-0.39, 0.29) is 0 Å². The summed E-state index contributed by atoms with van der Waals surface area (Å²) in [4.78, 5) is 9.59. The van der Waals surface area contributed by atoms with Crippen molar-refractivity contribution in [2.75, 3.05) is 45.9 Å². The van der Waals surface area contributed by atoms with Gasteiger partial charge in [0.25, 0.3) is 0 Å². The number of ether oxygens (including phenoxy) is 1. The summed E-state index contributed by atoms with van der Waals surface area (Å²) >= 11 is 0. The van der Waals surface area contributed by atoms with E-state index in [1.54, 1.807) is 0 Å². The van der Waals surface area contributed by atoms with E-state index in [1.807, 2.05) is 18.5 Å². The van der Waals surface area contributed by atoms with Crippen LogP contribution in [0.3, 0.4) is 0 Å². The lowest BCUT2D eigenvalue weighted by atomic mass is 9.96. The van der Waals surface area contributed by atoms with Crippen LogP contribution >= 0.6 is 0 Å². The second kappa shape index (κ2) is 10.8. The third-order valence-electron chi connectivity index (χ3n) is 6.56. The fraction of sp³-hybridized carbons (Fsp3) is 0.321. The van der Waals surface area contributed by atoms with Crippen LogP contribution in [0.25, 0.3) is 11.0 Å². The first kappa shape index (κ1) is 21.8. The molecular weight excluding hydrogens is 408 g/mol. The molecule has 0 N–H and O–H groups in total. The molecule has 0 atom stereocenters. The molecular formula is C28H32N4O. The van der Waals surface area contributed by atoms with Crippen molar-refractivity contribution in [1.82, 2.24) is 19.4 Å². The van der Waals surface area contributed by atoms with Gasteiger partial charge in [0.05, 0.1) is 36.6 Å². The Bertz CT molecular complexity index is 1080. The Morgan fingerprint density at radius 1 is 0.697 bits per heavy atom. The van der Waals surface area contributed by atoms with Crippen molar-refractivity contribution in [1.29, 1.82) is 0 Å². The van der Waals surface area contributed by atoms with Crippen molar-refractivity contribution in [2.24, 2.45) is 0 Å². The van der Waals surface area contributed by atoms with Crippen LogP contribution in [-0.2, 0) is 11.3 Å². The summed E-state index contributed by atoms with van der Waals surface area (Å²) in [7, 11) is 0. The average Bonchev–Trinajstić information content (AvgIpc) is 3.29. The lowest BCUT2D eigenvalue weighted by Crippen LogP contribution is -2.48. The highest BCUT2D eigenvalue weighted by Crippen LogP contribution is 2.29. The molecule has 1 fully saturated rings. The van der Waals surface area contributed by atoms with Crippen molar-refractivity contribution in [3.63, 3.8) is 0 Å². The van der Waals surface area contributed by atoms with Gasteiger partial charge in [0.15, 0.2) is 0 Å². The molecule has 170 valence electrons. The summed E-state index contributed by atoms with van der Waals surface area (Å²) in [6.07, 6.45) is 1.91. The molecule has 3 aromatic carbocycles. The highest BCUT2D eigenvalue weighted by atomic mass is 16.5. The van der Waals surface area contributed by atoms with Crippen LogP contribution in [0.2, 0.25) is 0 Å². The fourth-order valence-corrected chi connectivity index (χ4v) is 4.78. The van der Waals surface area contributed by atoms with Gasteiger partial charge in [-0.3, -0.25) is 9.80 Å².